The Hall–Kier alpha value is -5.28. The van der Waals surface area contributed by atoms with Gasteiger partial charge < -0.3 is 39.4 Å². The van der Waals surface area contributed by atoms with Gasteiger partial charge in [0.2, 0.25) is 5.91 Å². The molecule has 5 aliphatic rings. The van der Waals surface area contributed by atoms with Crippen LogP contribution in [0.2, 0.25) is 0 Å². The number of aromatic nitrogens is 4. The number of nitrogens with zero attached hydrogens (tertiary/aromatic N) is 7. The van der Waals surface area contributed by atoms with Crippen LogP contribution in [0, 0.1) is 5.92 Å². The Kier molecular flexibility index (Phi) is 11.8. The monoisotopic (exact) mass is 866 g/mol. The van der Waals surface area contributed by atoms with E-state index in [4.69, 9.17) is 24.9 Å². The summed E-state index contributed by atoms with van der Waals surface area (Å²) in [5.41, 5.74) is 10.3. The molecule has 5 heterocycles. The molecule has 2 aliphatic carbocycles. The van der Waals surface area contributed by atoms with E-state index in [-0.39, 0.29) is 57.3 Å². The van der Waals surface area contributed by atoms with Crippen molar-refractivity contribution < 1.29 is 31.4 Å². The van der Waals surface area contributed by atoms with Crippen molar-refractivity contribution in [2.45, 2.75) is 128 Å². The fourth-order valence-corrected chi connectivity index (χ4v) is 10.5. The number of carbonyl (C=O) groups excluding carboxylic acids is 3. The number of nitrogens with one attached hydrogen (secondary N) is 1. The second kappa shape index (κ2) is 17.4. The number of anilines is 2. The average Bonchev–Trinajstić information content (AvgIpc) is 3.68. The summed E-state index contributed by atoms with van der Waals surface area (Å²) in [6, 6.07) is 11.1. The largest absolute Gasteiger partial charge is 0.494 e. The molecule has 2 aromatic heterocycles. The summed E-state index contributed by atoms with van der Waals surface area (Å²) < 4.78 is 19.0. The summed E-state index contributed by atoms with van der Waals surface area (Å²) in [5, 5.41) is 8.84. The average molecular weight is 866 g/mol. The number of benzene rings is 2. The fraction of sp³-hybridized carbons (Fsp3) is 0.583. The third-order valence-corrected chi connectivity index (χ3v) is 14.2. The highest BCUT2D eigenvalue weighted by Gasteiger charge is 2.41. The molecule has 2 amide bonds. The Morgan fingerprint density at radius 3 is 2.43 bits per heavy atom. The Morgan fingerprint density at radius 1 is 0.968 bits per heavy atom. The van der Waals surface area contributed by atoms with Gasteiger partial charge in [-0.3, -0.25) is 19.6 Å². The van der Waals surface area contributed by atoms with E-state index >= 15 is 0 Å². The van der Waals surface area contributed by atoms with E-state index in [2.05, 4.69) is 62.8 Å². The molecular formula is C48H67N9O6. The van der Waals surface area contributed by atoms with E-state index in [1.54, 1.807) is 13.4 Å². The summed E-state index contributed by atoms with van der Waals surface area (Å²) in [7, 11) is 1.63. The first-order chi connectivity index (χ1) is 30.3. The molecule has 2 saturated carbocycles. The highest BCUT2D eigenvalue weighted by atomic mass is 16.5. The molecule has 3 aliphatic heterocycles. The van der Waals surface area contributed by atoms with Crippen LogP contribution in [0.4, 0.5) is 11.5 Å². The maximum absolute atomic E-state index is 13.4. The number of primary amides is 1. The van der Waals surface area contributed by atoms with Gasteiger partial charge >= 0.3 is 0 Å². The number of rotatable bonds is 15. The van der Waals surface area contributed by atoms with Crippen molar-refractivity contribution in [3.05, 3.63) is 53.9 Å². The molecule has 1 unspecified atom stereocenters. The number of nitrogens with two attached hydrogens (primary N) is 1. The Morgan fingerprint density at radius 2 is 1.73 bits per heavy atom. The summed E-state index contributed by atoms with van der Waals surface area (Å²) >= 11 is 0. The van der Waals surface area contributed by atoms with Crippen molar-refractivity contribution in [2.24, 2.45) is 11.7 Å². The van der Waals surface area contributed by atoms with Gasteiger partial charge in [-0.25, -0.2) is 9.97 Å². The molecule has 15 nitrogen and oxygen atoms in total. The van der Waals surface area contributed by atoms with Gasteiger partial charge in [0, 0.05) is 76.7 Å². The summed E-state index contributed by atoms with van der Waals surface area (Å²) in [4.78, 5) is 55.7. The minimum absolute atomic E-state index is 0. The lowest BCUT2D eigenvalue weighted by Gasteiger charge is -2.49. The zero-order valence-corrected chi connectivity index (χ0v) is 37.5. The molecule has 9 rings (SSSR count). The number of piperazine rings is 1. The molecule has 63 heavy (non-hydrogen) atoms. The van der Waals surface area contributed by atoms with Gasteiger partial charge in [-0.15, -0.1) is 0 Å². The zero-order chi connectivity index (χ0) is 44.0. The first-order valence-corrected chi connectivity index (χ1v) is 23.0. The normalized spacial score (nSPS) is 22.9. The van der Waals surface area contributed by atoms with Crippen LogP contribution in [-0.4, -0.2) is 123 Å². The standard InChI is InChI=1S/C48H63N9O6.2H2/c1-30(58)6-14-41(45(49)59)56-27-37-35(46(56)60)12-15-40(44(37)61-5)55-20-16-33(17-21-55)62-32-9-7-31(8-10-32)26-54-22-23-57(47(2,3)28-54)42-25-39(50-29-51-42)43-36-24-34(63-48(4)18-19-48)11-13-38(36)52-53-43;;/h11-13,15,24-25,29,31-33,41H,6-10,14,16-23,26-28H2,1-5H3,(H2,49,59)(H,52,53);2*1H. The van der Waals surface area contributed by atoms with E-state index in [9.17, 15) is 14.4 Å². The maximum atomic E-state index is 13.4. The van der Waals surface area contributed by atoms with Gasteiger partial charge in [-0.1, -0.05) is 0 Å². The number of Topliss-reactive ketones (excluding diaryl/α,β-unsaturated/α-hetero) is 1. The van der Waals surface area contributed by atoms with E-state index in [0.717, 1.165) is 123 Å². The summed E-state index contributed by atoms with van der Waals surface area (Å²) in [6.45, 7) is 14.1. The number of fused-ring (bicyclic) bond motifs is 2. The molecule has 3 N–H and O–H groups in total. The minimum atomic E-state index is -0.847. The van der Waals surface area contributed by atoms with Crippen LogP contribution >= 0.6 is 0 Å². The molecular weight excluding hydrogens is 799 g/mol. The predicted octanol–water partition coefficient (Wildman–Crippen LogP) is 6.78. The highest BCUT2D eigenvalue weighted by molar-refractivity contribution is 6.02. The first-order valence-electron chi connectivity index (χ1n) is 23.0. The second-order valence-electron chi connectivity index (χ2n) is 19.5. The number of ketones is 1. The number of aromatic amines is 1. The van der Waals surface area contributed by atoms with Crippen LogP contribution in [0.1, 0.15) is 111 Å². The van der Waals surface area contributed by atoms with E-state index in [0.29, 0.717) is 17.2 Å². The first kappa shape index (κ1) is 43.0. The smallest absolute Gasteiger partial charge is 0.255 e. The van der Waals surface area contributed by atoms with Crippen molar-refractivity contribution in [2.75, 3.05) is 56.2 Å². The molecule has 340 valence electrons. The third-order valence-electron chi connectivity index (χ3n) is 14.2. The second-order valence-corrected chi connectivity index (χ2v) is 19.5. The Bertz CT molecular complexity index is 2360. The Labute approximate surface area is 373 Å². The lowest BCUT2D eigenvalue weighted by atomic mass is 9.86. The van der Waals surface area contributed by atoms with Crippen LogP contribution in [0.25, 0.3) is 22.3 Å². The highest BCUT2D eigenvalue weighted by Crippen LogP contribution is 2.43. The quantitative estimate of drug-likeness (QED) is 0.129. The SMILES string of the molecule is COc1c(N2CCC(OC3CCC(CN4CCN(c5cc(-c6n[nH]c7ccc(OC8(C)CC8)cc67)ncn5)C(C)(C)C4)CC3)CC2)ccc2c1CN(C(CCC(C)=O)C(N)=O)C2=O.[HH].[HH]. The van der Waals surface area contributed by atoms with E-state index in [1.807, 2.05) is 24.3 Å². The number of H-pyrrole nitrogens is 1. The minimum Gasteiger partial charge on any atom is -0.494 e. The molecule has 0 radical (unpaired) electrons. The fourth-order valence-electron chi connectivity index (χ4n) is 10.5. The van der Waals surface area contributed by atoms with Gasteiger partial charge in [-0.05, 0) is 122 Å². The maximum Gasteiger partial charge on any atom is 0.255 e. The number of methoxy groups -OCH3 is 1. The Balaban J connectivity index is 0.00000315. The van der Waals surface area contributed by atoms with Gasteiger partial charge in [-0.2, -0.15) is 5.10 Å². The van der Waals surface area contributed by atoms with Crippen LogP contribution < -0.4 is 25.0 Å². The number of carbonyl (C=O) groups is 3. The molecule has 0 bridgehead atoms. The van der Waals surface area contributed by atoms with Gasteiger partial charge in [0.25, 0.3) is 5.91 Å². The zero-order valence-electron chi connectivity index (χ0n) is 37.5. The van der Waals surface area contributed by atoms with Crippen molar-refractivity contribution in [1.82, 2.24) is 30.0 Å². The van der Waals surface area contributed by atoms with Gasteiger partial charge in [0.15, 0.2) is 0 Å². The van der Waals surface area contributed by atoms with Crippen molar-refractivity contribution in [3.8, 4) is 22.9 Å². The van der Waals surface area contributed by atoms with E-state index < -0.39 is 11.9 Å². The number of hydrogen-bond donors (Lipinski definition) is 2. The number of piperidine rings is 1. The van der Waals surface area contributed by atoms with Crippen LogP contribution in [0.3, 0.4) is 0 Å². The molecule has 2 aromatic carbocycles. The van der Waals surface area contributed by atoms with Crippen molar-refractivity contribution in [3.63, 3.8) is 0 Å². The van der Waals surface area contributed by atoms with Crippen molar-refractivity contribution in [1.29, 1.82) is 0 Å². The number of hydrogen-bond acceptors (Lipinski definition) is 12. The lowest BCUT2D eigenvalue weighted by molar-refractivity contribution is -0.123. The third kappa shape index (κ3) is 9.09. The number of ether oxygens (including phenoxy) is 3. The predicted molar refractivity (Wildman–Crippen MR) is 245 cm³/mol. The summed E-state index contributed by atoms with van der Waals surface area (Å²) in [6.07, 6.45) is 11.1. The van der Waals surface area contributed by atoms with Gasteiger partial charge in [0.05, 0.1) is 42.8 Å². The lowest BCUT2D eigenvalue weighted by Crippen LogP contribution is -2.60. The van der Waals surface area contributed by atoms with Crippen LogP contribution in [0.15, 0.2) is 42.7 Å². The molecule has 4 fully saturated rings. The topological polar surface area (TPSA) is 172 Å². The number of amides is 2. The summed E-state index contributed by atoms with van der Waals surface area (Å²) in [5.74, 6) is 2.19. The van der Waals surface area contributed by atoms with Crippen molar-refractivity contribution >= 4 is 40.0 Å². The van der Waals surface area contributed by atoms with Gasteiger partial charge in [0.1, 0.15) is 46.8 Å². The van der Waals surface area contributed by atoms with Crippen LogP contribution in [-0.2, 0) is 20.9 Å². The molecule has 15 heteroatoms. The molecule has 2 saturated heterocycles. The van der Waals surface area contributed by atoms with E-state index in [1.165, 1.54) is 24.7 Å². The molecule has 4 aromatic rings. The van der Waals surface area contributed by atoms with Crippen LogP contribution in [0.5, 0.6) is 11.5 Å². The molecule has 1 atom stereocenters. The molecule has 0 spiro atoms.